The number of tetrazole rings is 1. The lowest BCUT2D eigenvalue weighted by Gasteiger charge is -2.26. The fraction of sp³-hybridized carbons (Fsp3) is 0.346. The van der Waals surface area contributed by atoms with E-state index in [0.29, 0.717) is 54.7 Å². The van der Waals surface area contributed by atoms with E-state index >= 15 is 0 Å². The molecular formula is C26H26FN9O3. The molecule has 2 unspecified atom stereocenters. The molecule has 2 atom stereocenters. The average Bonchev–Trinajstić information content (AvgIpc) is 3.25. The fourth-order valence-corrected chi connectivity index (χ4v) is 5.46. The van der Waals surface area contributed by atoms with Crippen LogP contribution in [0, 0.1) is 17.7 Å². The predicted octanol–water partition coefficient (Wildman–Crippen LogP) is 1.70. The van der Waals surface area contributed by atoms with Gasteiger partial charge in [-0.15, -0.1) is 0 Å². The largest absolute Gasteiger partial charge is 0.462 e. The molecule has 12 nitrogen and oxygen atoms in total. The lowest BCUT2D eigenvalue weighted by Crippen LogP contribution is -2.37. The van der Waals surface area contributed by atoms with Crippen molar-refractivity contribution in [1.82, 2.24) is 34.7 Å². The van der Waals surface area contributed by atoms with Crippen LogP contribution in [0.5, 0.6) is 0 Å². The summed E-state index contributed by atoms with van der Waals surface area (Å²) in [7, 11) is 3.57. The van der Waals surface area contributed by atoms with Crippen LogP contribution >= 0.6 is 0 Å². The number of pyridine rings is 1. The molecule has 4 heterocycles. The van der Waals surface area contributed by atoms with Gasteiger partial charge in [0.25, 0.3) is 5.56 Å². The summed E-state index contributed by atoms with van der Waals surface area (Å²) in [5.41, 5.74) is 1.33. The van der Waals surface area contributed by atoms with Crippen molar-refractivity contribution in [2.24, 2.45) is 18.9 Å². The monoisotopic (exact) mass is 531 g/mol. The van der Waals surface area contributed by atoms with E-state index in [1.165, 1.54) is 22.9 Å². The Bertz CT molecular complexity index is 1610. The predicted molar refractivity (Wildman–Crippen MR) is 139 cm³/mol. The Balaban J connectivity index is 1.20. The topological polar surface area (TPSA) is 124 Å². The summed E-state index contributed by atoms with van der Waals surface area (Å²) in [6, 6.07) is 10.0. The summed E-state index contributed by atoms with van der Waals surface area (Å²) in [6.45, 7) is 3.48. The Morgan fingerprint density at radius 2 is 2.00 bits per heavy atom. The van der Waals surface area contributed by atoms with Gasteiger partial charge in [-0.1, -0.05) is 11.2 Å². The lowest BCUT2D eigenvalue weighted by molar-refractivity contribution is 0.0526. The van der Waals surface area contributed by atoms with Gasteiger partial charge in [0.1, 0.15) is 0 Å². The van der Waals surface area contributed by atoms with Crippen LogP contribution in [0.15, 0.2) is 53.6 Å². The Hall–Kier alpha value is -4.68. The number of hydrogen-bond acceptors (Lipinski definition) is 10. The number of anilines is 2. The lowest BCUT2D eigenvalue weighted by atomic mass is 10.2. The number of carbonyl (C=O) groups is 1. The van der Waals surface area contributed by atoms with Crippen LogP contribution < -0.4 is 15.4 Å². The molecule has 1 aromatic carbocycles. The molecule has 0 radical (unpaired) electrons. The van der Waals surface area contributed by atoms with Gasteiger partial charge in [0.2, 0.25) is 11.9 Å². The molecule has 2 aliphatic rings. The Morgan fingerprint density at radius 3 is 2.74 bits per heavy atom. The van der Waals surface area contributed by atoms with Crippen LogP contribution in [0.2, 0.25) is 0 Å². The summed E-state index contributed by atoms with van der Waals surface area (Å²) in [6.07, 6.45) is 2.58. The third kappa shape index (κ3) is 4.29. The first kappa shape index (κ1) is 24.6. The van der Waals surface area contributed by atoms with Gasteiger partial charge in [0.05, 0.1) is 29.7 Å². The molecule has 39 heavy (non-hydrogen) atoms. The number of fused-ring (bicyclic) bond motifs is 1. The quantitative estimate of drug-likeness (QED) is 0.326. The summed E-state index contributed by atoms with van der Waals surface area (Å²) in [4.78, 5) is 37.5. The highest BCUT2D eigenvalue weighted by molar-refractivity contribution is 5.90. The maximum absolute atomic E-state index is 14.4. The fourth-order valence-electron chi connectivity index (χ4n) is 5.46. The first-order valence-electron chi connectivity index (χ1n) is 12.6. The van der Waals surface area contributed by atoms with Gasteiger partial charge < -0.3 is 14.5 Å². The number of piperidine rings is 1. The SMILES string of the molecule is CCOC(=O)c1cccc(-n2nnnc2N2CC3C(C2)C3N(C)c2nc(-c3ccncc3F)cc(=O)n2C)c1. The van der Waals surface area contributed by atoms with Crippen molar-refractivity contribution in [2.45, 2.75) is 13.0 Å². The van der Waals surface area contributed by atoms with Crippen LogP contribution in [0.4, 0.5) is 16.3 Å². The number of hydrogen-bond donors (Lipinski definition) is 0. The van der Waals surface area contributed by atoms with Crippen molar-refractivity contribution in [1.29, 1.82) is 0 Å². The molecule has 0 spiro atoms. The van der Waals surface area contributed by atoms with Crippen LogP contribution in [-0.4, -0.2) is 73.5 Å². The van der Waals surface area contributed by atoms with E-state index in [0.717, 1.165) is 6.20 Å². The minimum Gasteiger partial charge on any atom is -0.462 e. The van der Waals surface area contributed by atoms with Crippen LogP contribution in [-0.2, 0) is 11.8 Å². The minimum absolute atomic E-state index is 0.161. The standard InChI is InChI=1S/C26H26FN9O3/c1-4-39-24(38)15-6-5-7-16(10-15)36-26(30-31-32-36)35-13-18-19(14-35)23(18)34(3)25-29-21(11-22(37)33(25)2)17-8-9-28-12-20(17)27/h5-12,18-19,23H,4,13-14H2,1-3H3. The number of nitrogens with zero attached hydrogens (tertiary/aromatic N) is 9. The van der Waals surface area contributed by atoms with E-state index in [1.54, 1.807) is 36.9 Å². The molecule has 1 aliphatic carbocycles. The van der Waals surface area contributed by atoms with E-state index in [9.17, 15) is 14.0 Å². The molecule has 0 amide bonds. The molecule has 2 fully saturated rings. The molecule has 200 valence electrons. The van der Waals surface area contributed by atoms with Gasteiger partial charge in [-0.2, -0.15) is 4.68 Å². The number of carbonyl (C=O) groups excluding carboxylic acids is 1. The zero-order chi connectivity index (χ0) is 27.3. The molecule has 1 saturated heterocycles. The highest BCUT2D eigenvalue weighted by atomic mass is 19.1. The van der Waals surface area contributed by atoms with Crippen LogP contribution in [0.25, 0.3) is 16.9 Å². The Kier molecular flexibility index (Phi) is 6.04. The number of benzene rings is 1. The maximum atomic E-state index is 14.4. The van der Waals surface area contributed by atoms with Crippen LogP contribution in [0.3, 0.4) is 0 Å². The zero-order valence-electron chi connectivity index (χ0n) is 21.6. The van der Waals surface area contributed by atoms with Crippen molar-refractivity contribution < 1.29 is 13.9 Å². The molecule has 13 heteroatoms. The molecule has 1 aliphatic heterocycles. The van der Waals surface area contributed by atoms with Gasteiger partial charge >= 0.3 is 5.97 Å². The smallest absolute Gasteiger partial charge is 0.338 e. The normalized spacial score (nSPS) is 19.6. The number of halogens is 1. The molecule has 0 bridgehead atoms. The average molecular weight is 532 g/mol. The second-order valence-corrected chi connectivity index (χ2v) is 9.69. The van der Waals surface area contributed by atoms with Gasteiger partial charge in [-0.05, 0) is 41.6 Å². The highest BCUT2D eigenvalue weighted by Crippen LogP contribution is 2.50. The molecular weight excluding hydrogens is 505 g/mol. The second kappa shape index (κ2) is 9.57. The van der Waals surface area contributed by atoms with E-state index in [4.69, 9.17) is 4.74 Å². The molecule has 0 N–H and O–H groups in total. The van der Waals surface area contributed by atoms with Gasteiger partial charge in [0, 0.05) is 62.9 Å². The van der Waals surface area contributed by atoms with Crippen LogP contribution in [0.1, 0.15) is 17.3 Å². The number of aromatic nitrogens is 7. The molecule has 6 rings (SSSR count). The van der Waals surface area contributed by atoms with Crippen molar-refractivity contribution in [3.8, 4) is 16.9 Å². The summed E-state index contributed by atoms with van der Waals surface area (Å²) >= 11 is 0. The van der Waals surface area contributed by atoms with Crippen molar-refractivity contribution in [2.75, 3.05) is 36.5 Å². The number of ether oxygens (including phenoxy) is 1. The third-order valence-corrected chi connectivity index (χ3v) is 7.41. The van der Waals surface area contributed by atoms with Crippen molar-refractivity contribution in [3.63, 3.8) is 0 Å². The minimum atomic E-state index is -0.531. The first-order valence-corrected chi connectivity index (χ1v) is 12.6. The van der Waals surface area contributed by atoms with E-state index in [2.05, 4.69) is 30.4 Å². The number of rotatable bonds is 7. The third-order valence-electron chi connectivity index (χ3n) is 7.41. The Morgan fingerprint density at radius 1 is 1.21 bits per heavy atom. The summed E-state index contributed by atoms with van der Waals surface area (Å²) in [5.74, 6) is 0.747. The van der Waals surface area contributed by atoms with Gasteiger partial charge in [0.15, 0.2) is 5.82 Å². The Labute approximate surface area is 222 Å². The van der Waals surface area contributed by atoms with E-state index < -0.39 is 11.8 Å². The van der Waals surface area contributed by atoms with Crippen molar-refractivity contribution >= 4 is 17.9 Å². The van der Waals surface area contributed by atoms with Gasteiger partial charge in [-0.25, -0.2) is 14.2 Å². The number of esters is 1. The maximum Gasteiger partial charge on any atom is 0.338 e. The highest BCUT2D eigenvalue weighted by Gasteiger charge is 2.59. The first-order chi connectivity index (χ1) is 18.9. The van der Waals surface area contributed by atoms with Crippen molar-refractivity contribution in [3.05, 3.63) is 70.5 Å². The summed E-state index contributed by atoms with van der Waals surface area (Å²) in [5, 5.41) is 12.3. The molecule has 1 saturated carbocycles. The zero-order valence-corrected chi connectivity index (χ0v) is 21.6. The summed E-state index contributed by atoms with van der Waals surface area (Å²) < 4.78 is 22.6. The molecule has 3 aromatic heterocycles. The van der Waals surface area contributed by atoms with E-state index in [1.807, 2.05) is 18.0 Å². The molecule has 4 aromatic rings. The van der Waals surface area contributed by atoms with Gasteiger partial charge in [-0.3, -0.25) is 14.3 Å². The second-order valence-electron chi connectivity index (χ2n) is 9.69. The van der Waals surface area contributed by atoms with E-state index in [-0.39, 0.29) is 22.9 Å².